The number of carbonyl (C=O) groups is 1. The third kappa shape index (κ3) is 3.31. The monoisotopic (exact) mass is 355 g/mol. The van der Waals surface area contributed by atoms with Crippen LogP contribution in [0.3, 0.4) is 0 Å². The minimum atomic E-state index is -0.591. The normalized spacial score (nSPS) is 10.1. The number of benzene rings is 1. The van der Waals surface area contributed by atoms with E-state index in [0.717, 1.165) is 0 Å². The van der Waals surface area contributed by atoms with E-state index in [1.165, 1.54) is 24.4 Å². The predicted molar refractivity (Wildman–Crippen MR) is 78.0 cm³/mol. The van der Waals surface area contributed by atoms with Crippen LogP contribution in [0, 0.1) is 10.1 Å². The molecule has 102 valence electrons. The Labute approximate surface area is 127 Å². The molecule has 0 radical (unpaired) electrons. The number of nitrogens with one attached hydrogen (secondary N) is 1. The van der Waals surface area contributed by atoms with Gasteiger partial charge in [-0.2, -0.15) is 0 Å². The van der Waals surface area contributed by atoms with Gasteiger partial charge in [-0.3, -0.25) is 14.9 Å². The average molecular weight is 357 g/mol. The predicted octanol–water partition coefficient (Wildman–Crippen LogP) is 3.66. The number of pyridine rings is 1. The standard InChI is InChI=1S/C12H7BrClN3O3/c13-11-4-1-7(6-15-11)12(18)16-9-5-8(14)2-3-10(9)17(19)20/h1-6H,(H,16,18). The number of nitrogens with zero attached hydrogens (tertiary/aromatic N) is 2. The molecule has 6 nitrogen and oxygen atoms in total. The summed E-state index contributed by atoms with van der Waals surface area (Å²) in [5.74, 6) is -0.504. The molecule has 0 saturated heterocycles. The topological polar surface area (TPSA) is 85.1 Å². The third-order valence-corrected chi connectivity index (χ3v) is 3.10. The van der Waals surface area contributed by atoms with E-state index >= 15 is 0 Å². The van der Waals surface area contributed by atoms with Crippen molar-refractivity contribution in [2.75, 3.05) is 5.32 Å². The molecular formula is C12H7BrClN3O3. The molecule has 1 heterocycles. The summed E-state index contributed by atoms with van der Waals surface area (Å²) in [6, 6.07) is 7.09. The van der Waals surface area contributed by atoms with Gasteiger partial charge in [0.1, 0.15) is 10.3 Å². The zero-order valence-corrected chi connectivity index (χ0v) is 12.2. The molecular weight excluding hydrogens is 350 g/mol. The van der Waals surface area contributed by atoms with E-state index in [9.17, 15) is 14.9 Å². The summed E-state index contributed by atoms with van der Waals surface area (Å²) in [6.07, 6.45) is 1.36. The molecule has 0 fully saturated rings. The Hall–Kier alpha value is -1.99. The lowest BCUT2D eigenvalue weighted by atomic mass is 10.2. The van der Waals surface area contributed by atoms with Gasteiger partial charge in [0.05, 0.1) is 10.5 Å². The fraction of sp³-hybridized carbons (Fsp3) is 0. The molecule has 0 aliphatic heterocycles. The van der Waals surface area contributed by atoms with Gasteiger partial charge in [0.2, 0.25) is 0 Å². The van der Waals surface area contributed by atoms with E-state index in [-0.39, 0.29) is 16.9 Å². The molecule has 0 aliphatic rings. The molecule has 2 aromatic rings. The number of hydrogen-bond acceptors (Lipinski definition) is 4. The van der Waals surface area contributed by atoms with Crippen molar-refractivity contribution in [3.8, 4) is 0 Å². The Kier molecular flexibility index (Phi) is 4.31. The first kappa shape index (κ1) is 14.4. The van der Waals surface area contributed by atoms with Crippen molar-refractivity contribution in [1.82, 2.24) is 4.98 Å². The van der Waals surface area contributed by atoms with Crippen LogP contribution in [0.5, 0.6) is 0 Å². The van der Waals surface area contributed by atoms with E-state index in [4.69, 9.17) is 11.6 Å². The van der Waals surface area contributed by atoms with Gasteiger partial charge in [-0.05, 0) is 40.2 Å². The minimum Gasteiger partial charge on any atom is -0.316 e. The highest BCUT2D eigenvalue weighted by Gasteiger charge is 2.17. The van der Waals surface area contributed by atoms with Gasteiger partial charge in [-0.25, -0.2) is 4.98 Å². The molecule has 1 aromatic heterocycles. The van der Waals surface area contributed by atoms with Crippen molar-refractivity contribution in [3.05, 3.63) is 61.8 Å². The van der Waals surface area contributed by atoms with Crippen LogP contribution in [0.4, 0.5) is 11.4 Å². The lowest BCUT2D eigenvalue weighted by molar-refractivity contribution is -0.383. The van der Waals surface area contributed by atoms with E-state index in [0.29, 0.717) is 9.63 Å². The lowest BCUT2D eigenvalue weighted by Crippen LogP contribution is -2.13. The number of nitro groups is 1. The molecule has 20 heavy (non-hydrogen) atoms. The molecule has 0 aliphatic carbocycles. The summed E-state index contributed by atoms with van der Waals surface area (Å²) in [5, 5.41) is 13.6. The Morgan fingerprint density at radius 1 is 1.35 bits per heavy atom. The number of amides is 1. The number of nitro benzene ring substituents is 1. The summed E-state index contributed by atoms with van der Waals surface area (Å²) in [6.45, 7) is 0. The second-order valence-corrected chi connectivity index (χ2v) is 4.99. The van der Waals surface area contributed by atoms with E-state index in [1.54, 1.807) is 12.1 Å². The summed E-state index contributed by atoms with van der Waals surface area (Å²) in [5.41, 5.74) is 0.0886. The van der Waals surface area contributed by atoms with Gasteiger partial charge in [0.15, 0.2) is 0 Å². The maximum atomic E-state index is 12.0. The molecule has 2 rings (SSSR count). The highest BCUT2D eigenvalue weighted by atomic mass is 79.9. The molecule has 1 amide bonds. The Balaban J connectivity index is 2.29. The van der Waals surface area contributed by atoms with Crippen molar-refractivity contribution >= 4 is 44.8 Å². The van der Waals surface area contributed by atoms with Gasteiger partial charge >= 0.3 is 0 Å². The maximum Gasteiger partial charge on any atom is 0.292 e. The van der Waals surface area contributed by atoms with Gasteiger partial charge in [0, 0.05) is 17.3 Å². The van der Waals surface area contributed by atoms with Crippen molar-refractivity contribution in [3.63, 3.8) is 0 Å². The highest BCUT2D eigenvalue weighted by Crippen LogP contribution is 2.28. The number of hydrogen-bond donors (Lipinski definition) is 1. The van der Waals surface area contributed by atoms with Crippen LogP contribution in [0.2, 0.25) is 5.02 Å². The van der Waals surface area contributed by atoms with E-state index in [2.05, 4.69) is 26.2 Å². The fourth-order valence-electron chi connectivity index (χ4n) is 1.47. The van der Waals surface area contributed by atoms with E-state index in [1.807, 2.05) is 0 Å². The third-order valence-electron chi connectivity index (χ3n) is 2.39. The fourth-order valence-corrected chi connectivity index (χ4v) is 1.88. The Morgan fingerprint density at radius 2 is 2.10 bits per heavy atom. The number of rotatable bonds is 3. The van der Waals surface area contributed by atoms with Crippen LogP contribution in [0.25, 0.3) is 0 Å². The number of halogens is 2. The number of aromatic nitrogens is 1. The molecule has 0 spiro atoms. The largest absolute Gasteiger partial charge is 0.316 e. The second-order valence-electron chi connectivity index (χ2n) is 3.74. The van der Waals surface area contributed by atoms with Crippen LogP contribution in [0.15, 0.2) is 41.1 Å². The zero-order valence-electron chi connectivity index (χ0n) is 9.84. The first-order valence-electron chi connectivity index (χ1n) is 5.34. The molecule has 8 heteroatoms. The SMILES string of the molecule is O=C(Nc1cc(Cl)ccc1[N+](=O)[O-])c1ccc(Br)nc1. The lowest BCUT2D eigenvalue weighted by Gasteiger charge is -2.06. The molecule has 1 aromatic carbocycles. The average Bonchev–Trinajstić information content (AvgIpc) is 2.39. The van der Waals surface area contributed by atoms with E-state index < -0.39 is 10.8 Å². The van der Waals surface area contributed by atoms with Crippen molar-refractivity contribution < 1.29 is 9.72 Å². The quantitative estimate of drug-likeness (QED) is 0.516. The molecule has 0 saturated carbocycles. The van der Waals surface area contributed by atoms with Crippen LogP contribution in [0.1, 0.15) is 10.4 Å². The smallest absolute Gasteiger partial charge is 0.292 e. The summed E-state index contributed by atoms with van der Waals surface area (Å²) in [4.78, 5) is 26.2. The zero-order chi connectivity index (χ0) is 14.7. The second kappa shape index (κ2) is 5.98. The molecule has 0 bridgehead atoms. The van der Waals surface area contributed by atoms with Crippen LogP contribution in [-0.2, 0) is 0 Å². The Morgan fingerprint density at radius 3 is 2.70 bits per heavy atom. The van der Waals surface area contributed by atoms with Crippen molar-refractivity contribution in [1.29, 1.82) is 0 Å². The number of anilines is 1. The maximum absolute atomic E-state index is 12.0. The van der Waals surface area contributed by atoms with Crippen LogP contribution < -0.4 is 5.32 Å². The minimum absolute atomic E-state index is 0.0374. The van der Waals surface area contributed by atoms with Crippen LogP contribution in [-0.4, -0.2) is 15.8 Å². The van der Waals surface area contributed by atoms with Gasteiger partial charge < -0.3 is 5.32 Å². The molecule has 1 N–H and O–H groups in total. The van der Waals surface area contributed by atoms with Crippen molar-refractivity contribution in [2.45, 2.75) is 0 Å². The summed E-state index contributed by atoms with van der Waals surface area (Å²) in [7, 11) is 0. The summed E-state index contributed by atoms with van der Waals surface area (Å²) >= 11 is 8.93. The first-order chi connectivity index (χ1) is 9.47. The molecule has 0 atom stereocenters. The van der Waals surface area contributed by atoms with Gasteiger partial charge in [0.25, 0.3) is 11.6 Å². The highest BCUT2D eigenvalue weighted by molar-refractivity contribution is 9.10. The van der Waals surface area contributed by atoms with Gasteiger partial charge in [-0.15, -0.1) is 0 Å². The molecule has 0 unspecified atom stereocenters. The first-order valence-corrected chi connectivity index (χ1v) is 6.51. The van der Waals surface area contributed by atoms with Crippen molar-refractivity contribution in [2.24, 2.45) is 0 Å². The van der Waals surface area contributed by atoms with Gasteiger partial charge in [-0.1, -0.05) is 11.6 Å². The van der Waals surface area contributed by atoms with Crippen LogP contribution >= 0.6 is 27.5 Å². The number of carbonyl (C=O) groups excluding carboxylic acids is 1. The Bertz CT molecular complexity index is 676. The summed E-state index contributed by atoms with van der Waals surface area (Å²) < 4.78 is 0.586.